The summed E-state index contributed by atoms with van der Waals surface area (Å²) in [7, 11) is 0. The van der Waals surface area contributed by atoms with Crippen LogP contribution in [-0.4, -0.2) is 15.5 Å². The molecule has 0 fully saturated rings. The van der Waals surface area contributed by atoms with Gasteiger partial charge in [-0.2, -0.15) is 0 Å². The number of carbonyl (C=O) groups excluding carboxylic acids is 1. The van der Waals surface area contributed by atoms with Crippen molar-refractivity contribution in [2.45, 2.75) is 6.54 Å². The molecule has 0 spiro atoms. The third-order valence-electron chi connectivity index (χ3n) is 3.97. The number of anilines is 1. The Morgan fingerprint density at radius 1 is 1.12 bits per heavy atom. The quantitative estimate of drug-likeness (QED) is 0.565. The van der Waals surface area contributed by atoms with Gasteiger partial charge in [0.2, 0.25) is 5.91 Å². The van der Waals surface area contributed by atoms with Gasteiger partial charge in [-0.05, 0) is 47.9 Å². The third kappa shape index (κ3) is 2.78. The number of rotatable bonds is 3. The van der Waals surface area contributed by atoms with Crippen LogP contribution in [0.25, 0.3) is 21.8 Å². The third-order valence-corrected chi connectivity index (χ3v) is 4.46. The fourth-order valence-electron chi connectivity index (χ4n) is 2.85. The summed E-state index contributed by atoms with van der Waals surface area (Å²) in [5.41, 5.74) is 2.67. The van der Waals surface area contributed by atoms with Gasteiger partial charge in [-0.15, -0.1) is 0 Å². The van der Waals surface area contributed by atoms with Crippen molar-refractivity contribution in [3.63, 3.8) is 0 Å². The van der Waals surface area contributed by atoms with Crippen LogP contribution in [0, 0.1) is 0 Å². The molecule has 2 aromatic heterocycles. The number of pyridine rings is 1. The maximum absolute atomic E-state index is 12.5. The van der Waals surface area contributed by atoms with Crippen LogP contribution in [0.3, 0.4) is 0 Å². The average molecular weight is 380 g/mol. The fraction of sp³-hybridized carbons (Fsp3) is 0.0526. The van der Waals surface area contributed by atoms with Gasteiger partial charge in [0.25, 0.3) is 0 Å². The molecular weight excluding hydrogens is 366 g/mol. The van der Waals surface area contributed by atoms with Crippen molar-refractivity contribution in [3.05, 3.63) is 71.5 Å². The average Bonchev–Trinajstić information content (AvgIpc) is 2.97. The van der Waals surface area contributed by atoms with E-state index in [4.69, 9.17) is 0 Å². The van der Waals surface area contributed by atoms with Crippen LogP contribution in [0.4, 0.5) is 5.69 Å². The van der Waals surface area contributed by atoms with E-state index < -0.39 is 0 Å². The van der Waals surface area contributed by atoms with Crippen molar-refractivity contribution in [2.24, 2.45) is 0 Å². The maximum Gasteiger partial charge on any atom is 0.244 e. The summed E-state index contributed by atoms with van der Waals surface area (Å²) in [6.07, 6.45) is 3.68. The van der Waals surface area contributed by atoms with Crippen LogP contribution in [0.5, 0.6) is 0 Å². The highest BCUT2D eigenvalue weighted by Gasteiger charge is 2.09. The Morgan fingerprint density at radius 2 is 2.04 bits per heavy atom. The first kappa shape index (κ1) is 14.9. The molecule has 0 saturated heterocycles. The molecular formula is C19H14BrN3O. The van der Waals surface area contributed by atoms with Gasteiger partial charge < -0.3 is 9.88 Å². The first-order chi connectivity index (χ1) is 11.7. The largest absolute Gasteiger partial charge is 0.338 e. The Bertz CT molecular complexity index is 1050. The minimum atomic E-state index is -0.0659. The van der Waals surface area contributed by atoms with E-state index in [0.717, 1.165) is 32.0 Å². The van der Waals surface area contributed by atoms with E-state index in [1.54, 1.807) is 6.20 Å². The lowest BCUT2D eigenvalue weighted by atomic mass is 10.2. The Kier molecular flexibility index (Phi) is 3.78. The van der Waals surface area contributed by atoms with Crippen LogP contribution in [0.2, 0.25) is 0 Å². The molecule has 118 valence electrons. The molecule has 0 radical (unpaired) electrons. The number of hydrogen-bond acceptors (Lipinski definition) is 2. The molecule has 0 aliphatic heterocycles. The van der Waals surface area contributed by atoms with Crippen molar-refractivity contribution in [1.29, 1.82) is 0 Å². The molecule has 4 aromatic rings. The number of nitrogens with one attached hydrogen (secondary N) is 1. The summed E-state index contributed by atoms with van der Waals surface area (Å²) < 4.78 is 2.94. The van der Waals surface area contributed by atoms with Crippen LogP contribution < -0.4 is 5.32 Å². The minimum Gasteiger partial charge on any atom is -0.338 e. The van der Waals surface area contributed by atoms with Gasteiger partial charge in [-0.1, -0.05) is 28.1 Å². The zero-order valence-electron chi connectivity index (χ0n) is 12.7. The van der Waals surface area contributed by atoms with E-state index in [-0.39, 0.29) is 12.5 Å². The summed E-state index contributed by atoms with van der Waals surface area (Å²) in [5.74, 6) is -0.0659. The molecule has 0 saturated carbocycles. The number of amides is 1. The summed E-state index contributed by atoms with van der Waals surface area (Å²) >= 11 is 3.48. The number of fused-ring (bicyclic) bond motifs is 2. The molecule has 0 aliphatic carbocycles. The van der Waals surface area contributed by atoms with Gasteiger partial charge in [0.1, 0.15) is 6.54 Å². The Balaban J connectivity index is 1.61. The Labute approximate surface area is 147 Å². The summed E-state index contributed by atoms with van der Waals surface area (Å²) in [6.45, 7) is 0.261. The van der Waals surface area contributed by atoms with Crippen molar-refractivity contribution in [2.75, 3.05) is 5.32 Å². The summed E-state index contributed by atoms with van der Waals surface area (Å²) in [5, 5.41) is 5.04. The van der Waals surface area contributed by atoms with Crippen molar-refractivity contribution >= 4 is 49.3 Å². The standard InChI is InChI=1S/C19H14BrN3O/c20-14-7-6-13-8-10-23(18(13)11-14)12-19(24)22-17-5-1-4-16-15(17)3-2-9-21-16/h1-11H,12H2,(H,22,24). The lowest BCUT2D eigenvalue weighted by molar-refractivity contribution is -0.116. The van der Waals surface area contributed by atoms with E-state index in [9.17, 15) is 4.79 Å². The van der Waals surface area contributed by atoms with E-state index in [1.807, 2.05) is 65.4 Å². The molecule has 5 heteroatoms. The maximum atomic E-state index is 12.5. The van der Waals surface area contributed by atoms with E-state index in [0.29, 0.717) is 0 Å². The molecule has 1 amide bonds. The van der Waals surface area contributed by atoms with E-state index in [1.165, 1.54) is 0 Å². The predicted molar refractivity (Wildman–Crippen MR) is 100 cm³/mol. The molecule has 4 rings (SSSR count). The summed E-state index contributed by atoms with van der Waals surface area (Å²) in [6, 6.07) is 17.6. The summed E-state index contributed by atoms with van der Waals surface area (Å²) in [4.78, 5) is 16.8. The Hall–Kier alpha value is -2.66. The SMILES string of the molecule is O=C(Cn1ccc2ccc(Br)cc21)Nc1cccc2ncccc12. The molecule has 24 heavy (non-hydrogen) atoms. The number of aromatic nitrogens is 2. The first-order valence-corrected chi connectivity index (χ1v) is 8.38. The Morgan fingerprint density at radius 3 is 2.96 bits per heavy atom. The van der Waals surface area contributed by atoms with E-state index in [2.05, 4.69) is 26.2 Å². The second kappa shape index (κ2) is 6.09. The van der Waals surface area contributed by atoms with Gasteiger partial charge in [0.15, 0.2) is 0 Å². The zero-order chi connectivity index (χ0) is 16.5. The van der Waals surface area contributed by atoms with Crippen molar-refractivity contribution < 1.29 is 4.79 Å². The molecule has 2 heterocycles. The second-order valence-corrected chi connectivity index (χ2v) is 6.49. The number of benzene rings is 2. The molecule has 1 N–H and O–H groups in total. The second-order valence-electron chi connectivity index (χ2n) is 5.57. The monoisotopic (exact) mass is 379 g/mol. The lowest BCUT2D eigenvalue weighted by Crippen LogP contribution is -2.18. The molecule has 0 atom stereocenters. The minimum absolute atomic E-state index is 0.0659. The smallest absolute Gasteiger partial charge is 0.244 e. The van der Waals surface area contributed by atoms with Gasteiger partial charge >= 0.3 is 0 Å². The molecule has 0 aliphatic rings. The number of halogens is 1. The highest BCUT2D eigenvalue weighted by Crippen LogP contribution is 2.23. The normalized spacial score (nSPS) is 11.0. The highest BCUT2D eigenvalue weighted by molar-refractivity contribution is 9.10. The van der Waals surface area contributed by atoms with Crippen molar-refractivity contribution in [1.82, 2.24) is 9.55 Å². The van der Waals surface area contributed by atoms with Gasteiger partial charge in [-0.25, -0.2) is 0 Å². The zero-order valence-corrected chi connectivity index (χ0v) is 14.3. The molecule has 4 nitrogen and oxygen atoms in total. The van der Waals surface area contributed by atoms with Crippen LogP contribution >= 0.6 is 15.9 Å². The number of nitrogens with zero attached hydrogens (tertiary/aromatic N) is 2. The van der Waals surface area contributed by atoms with Crippen LogP contribution in [0.15, 0.2) is 71.5 Å². The fourth-order valence-corrected chi connectivity index (χ4v) is 3.20. The topological polar surface area (TPSA) is 46.9 Å². The predicted octanol–water partition coefficient (Wildman–Crippen LogP) is 4.59. The lowest BCUT2D eigenvalue weighted by Gasteiger charge is -2.10. The van der Waals surface area contributed by atoms with Crippen LogP contribution in [-0.2, 0) is 11.3 Å². The van der Waals surface area contributed by atoms with Gasteiger partial charge in [0, 0.05) is 27.8 Å². The van der Waals surface area contributed by atoms with Crippen LogP contribution in [0.1, 0.15) is 0 Å². The highest BCUT2D eigenvalue weighted by atomic mass is 79.9. The van der Waals surface area contributed by atoms with Gasteiger partial charge in [-0.3, -0.25) is 9.78 Å². The molecule has 2 aromatic carbocycles. The number of hydrogen-bond donors (Lipinski definition) is 1. The van der Waals surface area contributed by atoms with Gasteiger partial charge in [0.05, 0.1) is 11.2 Å². The van der Waals surface area contributed by atoms with Crippen molar-refractivity contribution in [3.8, 4) is 0 Å². The molecule has 0 bridgehead atoms. The first-order valence-electron chi connectivity index (χ1n) is 7.59. The number of carbonyl (C=O) groups is 1. The van der Waals surface area contributed by atoms with E-state index >= 15 is 0 Å². The molecule has 0 unspecified atom stereocenters.